The highest BCUT2D eigenvalue weighted by atomic mass is 16.5. The quantitative estimate of drug-likeness (QED) is 0.211. The molecule has 28 heavy (non-hydrogen) atoms. The van der Waals surface area contributed by atoms with E-state index in [9.17, 15) is 14.7 Å². The van der Waals surface area contributed by atoms with E-state index in [2.05, 4.69) is 34.3 Å². The summed E-state index contributed by atoms with van der Waals surface area (Å²) in [7, 11) is 0. The van der Waals surface area contributed by atoms with E-state index in [-0.39, 0.29) is 37.1 Å². The summed E-state index contributed by atoms with van der Waals surface area (Å²) >= 11 is 0. The number of aliphatic hydroxyl groups is 2. The first kappa shape index (κ1) is 19.9. The molecule has 0 bridgehead atoms. The first-order valence-electron chi connectivity index (χ1n) is 8.87. The largest absolute Gasteiger partial charge is 0.396 e. The van der Waals surface area contributed by atoms with Gasteiger partial charge in [-0.1, -0.05) is 11.8 Å². The normalized spacial score (nSPS) is 22.2. The molecule has 0 radical (unpaired) electrons. The molecule has 6 N–H and O–H groups in total. The van der Waals surface area contributed by atoms with Gasteiger partial charge in [-0.3, -0.25) is 14.8 Å². The molecule has 0 spiro atoms. The van der Waals surface area contributed by atoms with Gasteiger partial charge in [0.25, 0.3) is 11.8 Å². The van der Waals surface area contributed by atoms with Crippen molar-refractivity contribution in [2.75, 3.05) is 19.7 Å². The summed E-state index contributed by atoms with van der Waals surface area (Å²) in [6.07, 6.45) is 0.912. The van der Waals surface area contributed by atoms with Gasteiger partial charge in [0.2, 0.25) is 0 Å². The Morgan fingerprint density at radius 2 is 1.96 bits per heavy atom. The summed E-state index contributed by atoms with van der Waals surface area (Å²) in [6, 6.07) is 5.11. The Balaban J connectivity index is 1.61. The van der Waals surface area contributed by atoms with Gasteiger partial charge < -0.3 is 20.8 Å². The Hall–Kier alpha value is -2.88. The third-order valence-corrected chi connectivity index (χ3v) is 4.88. The molecule has 1 aromatic rings. The van der Waals surface area contributed by atoms with Crippen molar-refractivity contribution in [3.63, 3.8) is 0 Å². The summed E-state index contributed by atoms with van der Waals surface area (Å²) in [5.74, 6) is 10.4. The van der Waals surface area contributed by atoms with E-state index in [1.54, 1.807) is 24.3 Å². The molecule has 1 unspecified atom stereocenters. The number of nitrogens with one attached hydrogen (secondary N) is 3. The molecule has 1 aliphatic carbocycles. The first-order valence-corrected chi connectivity index (χ1v) is 8.87. The van der Waals surface area contributed by atoms with E-state index < -0.39 is 23.5 Å². The summed E-state index contributed by atoms with van der Waals surface area (Å²) < 4.78 is 0. The van der Waals surface area contributed by atoms with Crippen LogP contribution in [-0.2, 0) is 4.79 Å². The van der Waals surface area contributed by atoms with Crippen molar-refractivity contribution in [1.82, 2.24) is 16.1 Å². The van der Waals surface area contributed by atoms with E-state index in [1.807, 2.05) is 0 Å². The number of carbonyl (C=O) groups is 2. The van der Waals surface area contributed by atoms with Crippen molar-refractivity contribution in [2.45, 2.75) is 18.1 Å². The molecule has 8 nitrogen and oxygen atoms in total. The van der Waals surface area contributed by atoms with Crippen LogP contribution in [-0.4, -0.2) is 58.6 Å². The zero-order valence-corrected chi connectivity index (χ0v) is 15.0. The van der Waals surface area contributed by atoms with Gasteiger partial charge in [-0.15, -0.1) is 0 Å². The van der Waals surface area contributed by atoms with E-state index in [4.69, 9.17) is 10.3 Å². The molecule has 0 aromatic heterocycles. The SMILES string of the molecule is O=C(NC(C(=O)NO)C1(O)CNC1)c1ccc(C#CC#C[C@@H]2C[C@H]2CO)cc1. The first-order chi connectivity index (χ1) is 13.5. The van der Waals surface area contributed by atoms with Crippen molar-refractivity contribution in [3.05, 3.63) is 35.4 Å². The molecule has 146 valence electrons. The van der Waals surface area contributed by atoms with Crippen molar-refractivity contribution in [2.24, 2.45) is 11.8 Å². The minimum atomic E-state index is -1.46. The molecule has 3 atom stereocenters. The number of amides is 2. The van der Waals surface area contributed by atoms with Crippen molar-refractivity contribution in [1.29, 1.82) is 0 Å². The Bertz CT molecular complexity index is 871. The van der Waals surface area contributed by atoms with Gasteiger partial charge in [0.15, 0.2) is 0 Å². The number of hydroxylamine groups is 1. The fraction of sp³-hybridized carbons (Fsp3) is 0.400. The number of carbonyl (C=O) groups excluding carboxylic acids is 2. The molecule has 8 heteroatoms. The lowest BCUT2D eigenvalue weighted by Crippen LogP contribution is -2.73. The highest BCUT2D eigenvalue weighted by Gasteiger charge is 2.47. The highest BCUT2D eigenvalue weighted by molar-refractivity contribution is 5.98. The molecule has 2 aliphatic rings. The Labute approximate surface area is 162 Å². The topological polar surface area (TPSA) is 131 Å². The van der Waals surface area contributed by atoms with Crippen LogP contribution >= 0.6 is 0 Å². The van der Waals surface area contributed by atoms with Gasteiger partial charge in [0, 0.05) is 36.7 Å². The Morgan fingerprint density at radius 3 is 2.50 bits per heavy atom. The molecule has 3 rings (SSSR count). The van der Waals surface area contributed by atoms with Crippen molar-refractivity contribution in [3.8, 4) is 23.7 Å². The van der Waals surface area contributed by atoms with Gasteiger partial charge in [-0.05, 0) is 48.4 Å². The number of benzene rings is 1. The van der Waals surface area contributed by atoms with Crippen molar-refractivity contribution >= 4 is 11.8 Å². The second-order valence-corrected chi connectivity index (χ2v) is 6.97. The predicted molar refractivity (Wildman–Crippen MR) is 98.8 cm³/mol. The number of rotatable bonds is 5. The van der Waals surface area contributed by atoms with Crippen LogP contribution in [0.2, 0.25) is 0 Å². The van der Waals surface area contributed by atoms with Crippen LogP contribution in [0.15, 0.2) is 24.3 Å². The van der Waals surface area contributed by atoms with Crippen LogP contribution in [0.1, 0.15) is 22.3 Å². The second-order valence-electron chi connectivity index (χ2n) is 6.97. The van der Waals surface area contributed by atoms with E-state index >= 15 is 0 Å². The van der Waals surface area contributed by atoms with Crippen LogP contribution in [0.5, 0.6) is 0 Å². The maximum absolute atomic E-state index is 12.4. The highest BCUT2D eigenvalue weighted by Crippen LogP contribution is 2.36. The third kappa shape index (κ3) is 4.50. The molecular formula is C20H21N3O5. The van der Waals surface area contributed by atoms with Gasteiger partial charge in [-0.25, -0.2) is 5.48 Å². The van der Waals surface area contributed by atoms with E-state index in [0.29, 0.717) is 5.56 Å². The van der Waals surface area contributed by atoms with Crippen LogP contribution in [0, 0.1) is 35.5 Å². The predicted octanol–water partition coefficient (Wildman–Crippen LogP) is -1.39. The lowest BCUT2D eigenvalue weighted by molar-refractivity contribution is -0.141. The minimum Gasteiger partial charge on any atom is -0.396 e. The number of β-amino-alcohol motifs (C(OH)–C–C–N with tert-alkyl or cyclic N) is 1. The van der Waals surface area contributed by atoms with E-state index in [0.717, 1.165) is 6.42 Å². The third-order valence-electron chi connectivity index (χ3n) is 4.88. The summed E-state index contributed by atoms with van der Waals surface area (Å²) in [5, 5.41) is 33.4. The van der Waals surface area contributed by atoms with E-state index in [1.165, 1.54) is 5.48 Å². The molecule has 2 amide bonds. The monoisotopic (exact) mass is 383 g/mol. The summed E-state index contributed by atoms with van der Waals surface area (Å²) in [5.41, 5.74) is 0.968. The maximum Gasteiger partial charge on any atom is 0.269 e. The Morgan fingerprint density at radius 1 is 1.25 bits per heavy atom. The molecule has 1 saturated heterocycles. The molecule has 2 fully saturated rings. The standard InChI is InChI=1S/C20H21N3O5/c24-10-16-9-15(16)4-2-1-3-13-5-7-14(8-6-13)18(25)22-17(19(26)23-28)20(27)11-21-12-20/h5-8,15-17,21,24,27-28H,9-12H2,(H,22,25)(H,23,26)/t15-,16+,17?/m1/s1. The van der Waals surface area contributed by atoms with Crippen molar-refractivity contribution < 1.29 is 25.0 Å². The number of aliphatic hydroxyl groups excluding tert-OH is 1. The average Bonchev–Trinajstić information content (AvgIpc) is 3.46. The smallest absolute Gasteiger partial charge is 0.269 e. The summed E-state index contributed by atoms with van der Waals surface area (Å²) in [6.45, 7) is 0.409. The zero-order chi connectivity index (χ0) is 20.1. The minimum absolute atomic E-state index is 0.126. The van der Waals surface area contributed by atoms with Crippen LogP contribution in [0.4, 0.5) is 0 Å². The van der Waals surface area contributed by atoms with Gasteiger partial charge >= 0.3 is 0 Å². The number of hydrogen-bond acceptors (Lipinski definition) is 6. The zero-order valence-electron chi connectivity index (χ0n) is 15.0. The summed E-state index contributed by atoms with van der Waals surface area (Å²) in [4.78, 5) is 24.2. The molecule has 1 aliphatic heterocycles. The molecule has 1 heterocycles. The van der Waals surface area contributed by atoms with Gasteiger partial charge in [0.05, 0.1) is 0 Å². The fourth-order valence-electron chi connectivity index (χ4n) is 2.87. The molecular weight excluding hydrogens is 362 g/mol. The Kier molecular flexibility index (Phi) is 5.98. The lowest BCUT2D eigenvalue weighted by atomic mass is 9.87. The van der Waals surface area contributed by atoms with Crippen LogP contribution in [0.25, 0.3) is 0 Å². The lowest BCUT2D eigenvalue weighted by Gasteiger charge is -2.42. The number of hydrogen-bond donors (Lipinski definition) is 6. The van der Waals surface area contributed by atoms with Crippen LogP contribution < -0.4 is 16.1 Å². The fourth-order valence-corrected chi connectivity index (χ4v) is 2.87. The van der Waals surface area contributed by atoms with Gasteiger partial charge in [0.1, 0.15) is 11.6 Å². The average molecular weight is 383 g/mol. The second kappa shape index (κ2) is 8.42. The maximum atomic E-state index is 12.4. The molecule has 1 saturated carbocycles. The van der Waals surface area contributed by atoms with Gasteiger partial charge in [-0.2, -0.15) is 0 Å². The van der Waals surface area contributed by atoms with Crippen LogP contribution in [0.3, 0.4) is 0 Å². The molecule has 1 aromatic carbocycles.